The summed E-state index contributed by atoms with van der Waals surface area (Å²) in [4.78, 5) is 24.6. The van der Waals surface area contributed by atoms with Crippen LogP contribution in [-0.2, 0) is 12.7 Å². The molecule has 36 heavy (non-hydrogen) atoms. The number of benzene rings is 1. The van der Waals surface area contributed by atoms with Crippen molar-refractivity contribution < 1.29 is 22.4 Å². The van der Waals surface area contributed by atoms with Crippen LogP contribution in [0.1, 0.15) is 38.4 Å². The van der Waals surface area contributed by atoms with E-state index in [-0.39, 0.29) is 18.1 Å². The van der Waals surface area contributed by atoms with Gasteiger partial charge in [-0.15, -0.1) is 0 Å². The number of hydrogen-bond donors (Lipinski definition) is 1. The van der Waals surface area contributed by atoms with Crippen LogP contribution in [-0.4, -0.2) is 20.9 Å². The van der Waals surface area contributed by atoms with E-state index >= 15 is 0 Å². The number of rotatable bonds is 5. The highest BCUT2D eigenvalue weighted by atomic mass is 19.4. The van der Waals surface area contributed by atoms with Crippen molar-refractivity contribution in [2.75, 3.05) is 0 Å². The van der Waals surface area contributed by atoms with Gasteiger partial charge in [-0.25, -0.2) is 4.39 Å². The van der Waals surface area contributed by atoms with Gasteiger partial charge in [-0.05, 0) is 72.9 Å². The van der Waals surface area contributed by atoms with Crippen molar-refractivity contribution in [2.45, 2.75) is 33.5 Å². The zero-order chi connectivity index (χ0) is 26.0. The lowest BCUT2D eigenvalue weighted by atomic mass is 9.97. The van der Waals surface area contributed by atoms with Crippen LogP contribution in [0, 0.1) is 26.6 Å². The molecule has 1 aromatic carbocycles. The van der Waals surface area contributed by atoms with Crippen molar-refractivity contribution in [1.82, 2.24) is 20.3 Å². The van der Waals surface area contributed by atoms with Gasteiger partial charge in [0.25, 0.3) is 5.91 Å². The average molecular weight is 494 g/mol. The van der Waals surface area contributed by atoms with Crippen LogP contribution in [0.2, 0.25) is 0 Å². The molecule has 0 aliphatic rings. The maximum atomic E-state index is 13.9. The Labute approximate surface area is 205 Å². The predicted molar refractivity (Wildman–Crippen MR) is 127 cm³/mol. The topological polar surface area (TPSA) is 67.8 Å². The molecule has 0 saturated heterocycles. The van der Waals surface area contributed by atoms with E-state index in [1.54, 1.807) is 44.3 Å². The Morgan fingerprint density at radius 3 is 2.39 bits per heavy atom. The third-order valence-corrected chi connectivity index (χ3v) is 5.81. The van der Waals surface area contributed by atoms with Crippen LogP contribution in [0.15, 0.2) is 61.1 Å². The van der Waals surface area contributed by atoms with E-state index in [4.69, 9.17) is 0 Å². The molecule has 0 fully saturated rings. The second kappa shape index (κ2) is 9.85. The van der Waals surface area contributed by atoms with Crippen molar-refractivity contribution in [3.8, 4) is 22.4 Å². The first-order chi connectivity index (χ1) is 17.0. The first-order valence-electron chi connectivity index (χ1n) is 11.0. The molecule has 0 aliphatic heterocycles. The van der Waals surface area contributed by atoms with E-state index in [0.29, 0.717) is 33.5 Å². The number of nitrogens with one attached hydrogen (secondary N) is 1. The number of halogens is 4. The van der Waals surface area contributed by atoms with Gasteiger partial charge in [0.1, 0.15) is 17.2 Å². The summed E-state index contributed by atoms with van der Waals surface area (Å²) in [6.45, 7) is 5.41. The fourth-order valence-corrected chi connectivity index (χ4v) is 3.90. The molecular weight excluding hydrogens is 472 g/mol. The van der Waals surface area contributed by atoms with Crippen molar-refractivity contribution in [3.63, 3.8) is 0 Å². The molecule has 1 amide bonds. The molecule has 3 aromatic heterocycles. The summed E-state index contributed by atoms with van der Waals surface area (Å²) in [6, 6.07) is 10.6. The quantitative estimate of drug-likeness (QED) is 0.335. The van der Waals surface area contributed by atoms with Gasteiger partial charge in [0.05, 0.1) is 5.69 Å². The Balaban J connectivity index is 1.47. The fraction of sp³-hybridized carbons (Fsp3) is 0.185. The number of alkyl halides is 3. The van der Waals surface area contributed by atoms with Crippen LogP contribution < -0.4 is 5.32 Å². The molecule has 4 rings (SSSR count). The molecule has 0 spiro atoms. The van der Waals surface area contributed by atoms with Gasteiger partial charge in [0.15, 0.2) is 0 Å². The number of nitrogens with zero attached hydrogens (tertiary/aromatic N) is 3. The van der Waals surface area contributed by atoms with E-state index in [0.717, 1.165) is 23.4 Å². The van der Waals surface area contributed by atoms with E-state index in [1.165, 1.54) is 18.3 Å². The summed E-state index contributed by atoms with van der Waals surface area (Å²) in [5.74, 6) is -0.709. The molecule has 0 aliphatic carbocycles. The van der Waals surface area contributed by atoms with E-state index in [9.17, 15) is 22.4 Å². The van der Waals surface area contributed by atoms with Gasteiger partial charge in [-0.1, -0.05) is 18.2 Å². The summed E-state index contributed by atoms with van der Waals surface area (Å²) in [7, 11) is 0. The average Bonchev–Trinajstić information content (AvgIpc) is 2.84. The molecule has 3 heterocycles. The van der Waals surface area contributed by atoms with Crippen LogP contribution in [0.4, 0.5) is 17.6 Å². The van der Waals surface area contributed by atoms with Gasteiger partial charge in [-0.3, -0.25) is 19.7 Å². The monoisotopic (exact) mass is 494 g/mol. The van der Waals surface area contributed by atoms with Crippen molar-refractivity contribution in [1.29, 1.82) is 0 Å². The smallest absolute Gasteiger partial charge is 0.347 e. The van der Waals surface area contributed by atoms with Crippen LogP contribution >= 0.6 is 0 Å². The number of pyridine rings is 3. The molecule has 9 heteroatoms. The van der Waals surface area contributed by atoms with Gasteiger partial charge < -0.3 is 5.32 Å². The molecule has 4 aromatic rings. The maximum Gasteiger partial charge on any atom is 0.433 e. The molecule has 5 nitrogen and oxygen atoms in total. The lowest BCUT2D eigenvalue weighted by Crippen LogP contribution is -2.24. The lowest BCUT2D eigenvalue weighted by molar-refractivity contribution is -0.141. The minimum absolute atomic E-state index is 0.155. The van der Waals surface area contributed by atoms with Crippen molar-refractivity contribution in [3.05, 3.63) is 101 Å². The van der Waals surface area contributed by atoms with E-state index in [2.05, 4.69) is 20.3 Å². The van der Waals surface area contributed by atoms with Gasteiger partial charge >= 0.3 is 6.18 Å². The number of aromatic nitrogens is 3. The molecule has 0 radical (unpaired) electrons. The first-order valence-corrected chi connectivity index (χ1v) is 11.0. The van der Waals surface area contributed by atoms with Gasteiger partial charge in [0.2, 0.25) is 0 Å². The Bertz CT molecular complexity index is 1450. The maximum absolute atomic E-state index is 13.9. The van der Waals surface area contributed by atoms with Crippen LogP contribution in [0.25, 0.3) is 22.4 Å². The predicted octanol–water partition coefficient (Wildman–Crippen LogP) is 6.22. The second-order valence-electron chi connectivity index (χ2n) is 8.42. The minimum Gasteiger partial charge on any atom is -0.347 e. The summed E-state index contributed by atoms with van der Waals surface area (Å²) in [5, 5.41) is 2.78. The number of hydrogen-bond acceptors (Lipinski definition) is 4. The Morgan fingerprint density at radius 2 is 1.69 bits per heavy atom. The standard InChI is InChI=1S/C27H22F4N4O/c1-15-10-23(33-14-21(15)20-5-4-6-22(28)17(20)3)26(36)35-13-18-9-16(2)25(34-12-18)19-7-8-32-24(11-19)27(29,30)31/h4-12,14H,13H2,1-3H3,(H,35,36). The molecule has 0 unspecified atom stereocenters. The second-order valence-corrected chi connectivity index (χ2v) is 8.42. The zero-order valence-electron chi connectivity index (χ0n) is 19.7. The van der Waals surface area contributed by atoms with E-state index in [1.807, 2.05) is 6.92 Å². The SMILES string of the molecule is Cc1cc(C(=O)NCc2cnc(-c3ccnc(C(F)(F)F)c3)c(C)c2)ncc1-c1cccc(F)c1C. The zero-order valence-corrected chi connectivity index (χ0v) is 19.7. The van der Waals surface area contributed by atoms with Crippen LogP contribution in [0.3, 0.4) is 0 Å². The molecule has 0 bridgehead atoms. The fourth-order valence-electron chi connectivity index (χ4n) is 3.90. The molecule has 1 N–H and O–H groups in total. The van der Waals surface area contributed by atoms with E-state index < -0.39 is 17.8 Å². The Morgan fingerprint density at radius 1 is 0.917 bits per heavy atom. The summed E-state index contributed by atoms with van der Waals surface area (Å²) >= 11 is 0. The Kier molecular flexibility index (Phi) is 6.83. The van der Waals surface area contributed by atoms with Gasteiger partial charge in [0, 0.05) is 36.3 Å². The van der Waals surface area contributed by atoms with Gasteiger partial charge in [-0.2, -0.15) is 13.2 Å². The molecule has 0 saturated carbocycles. The number of aryl methyl sites for hydroxylation is 2. The third kappa shape index (κ3) is 5.25. The summed E-state index contributed by atoms with van der Waals surface area (Å²) in [5.41, 5.74) is 4.00. The molecule has 184 valence electrons. The summed E-state index contributed by atoms with van der Waals surface area (Å²) < 4.78 is 52.9. The first kappa shape index (κ1) is 25.0. The largest absolute Gasteiger partial charge is 0.433 e. The highest BCUT2D eigenvalue weighted by molar-refractivity contribution is 5.93. The third-order valence-electron chi connectivity index (χ3n) is 5.81. The number of carbonyl (C=O) groups is 1. The number of amides is 1. The minimum atomic E-state index is -4.55. The highest BCUT2D eigenvalue weighted by Crippen LogP contribution is 2.31. The lowest BCUT2D eigenvalue weighted by Gasteiger charge is -2.12. The van der Waals surface area contributed by atoms with Crippen molar-refractivity contribution >= 4 is 5.91 Å². The number of carbonyl (C=O) groups excluding carboxylic acids is 1. The molecule has 0 atom stereocenters. The summed E-state index contributed by atoms with van der Waals surface area (Å²) in [6.07, 6.45) is -0.390. The van der Waals surface area contributed by atoms with Crippen molar-refractivity contribution in [2.24, 2.45) is 0 Å². The Hall–Kier alpha value is -4.14. The van der Waals surface area contributed by atoms with Crippen LogP contribution in [0.5, 0.6) is 0 Å². The molecular formula is C27H22F4N4O. The highest BCUT2D eigenvalue weighted by Gasteiger charge is 2.32. The normalized spacial score (nSPS) is 11.4.